The van der Waals surface area contributed by atoms with Crippen LogP contribution in [0.15, 0.2) is 24.3 Å². The first-order valence-corrected chi connectivity index (χ1v) is 8.01. The smallest absolute Gasteiger partial charge is 0.322 e. The van der Waals surface area contributed by atoms with Gasteiger partial charge < -0.3 is 20.1 Å². The van der Waals surface area contributed by atoms with E-state index in [9.17, 15) is 4.79 Å². The second-order valence-corrected chi connectivity index (χ2v) is 6.13. The normalized spacial score (nSPS) is 14.0. The molecule has 0 bridgehead atoms. The predicted molar refractivity (Wildman–Crippen MR) is 87.2 cm³/mol. The first-order valence-electron chi connectivity index (χ1n) is 8.01. The van der Waals surface area contributed by atoms with Crippen LogP contribution < -0.4 is 10.1 Å². The third-order valence-electron chi connectivity index (χ3n) is 3.66. The first-order chi connectivity index (χ1) is 10.6. The monoisotopic (exact) mass is 306 g/mol. The van der Waals surface area contributed by atoms with Gasteiger partial charge in [-0.15, -0.1) is 0 Å². The number of benzene rings is 1. The Kier molecular flexibility index (Phi) is 6.07. The molecule has 1 saturated carbocycles. The maximum absolute atomic E-state index is 12.2. The fourth-order valence-corrected chi connectivity index (χ4v) is 2.19. The number of nitrogens with one attached hydrogen (secondary N) is 1. The lowest BCUT2D eigenvalue weighted by atomic mass is 10.1. The number of carbonyl (C=O) groups excluding carboxylic acids is 1. The summed E-state index contributed by atoms with van der Waals surface area (Å²) < 4.78 is 5.65. The number of carbonyl (C=O) groups is 1. The zero-order chi connectivity index (χ0) is 15.9. The molecule has 122 valence electrons. The molecular weight excluding hydrogens is 280 g/mol. The van der Waals surface area contributed by atoms with Crippen LogP contribution in [0.5, 0.6) is 5.75 Å². The summed E-state index contributed by atoms with van der Waals surface area (Å²) in [4.78, 5) is 13.9. The highest BCUT2D eigenvalue weighted by Crippen LogP contribution is 2.27. The summed E-state index contributed by atoms with van der Waals surface area (Å²) >= 11 is 0. The molecule has 1 aliphatic rings. The highest BCUT2D eigenvalue weighted by molar-refractivity contribution is 5.89. The van der Waals surface area contributed by atoms with Crippen molar-refractivity contribution in [2.45, 2.75) is 39.2 Å². The van der Waals surface area contributed by atoms with Crippen LogP contribution >= 0.6 is 0 Å². The van der Waals surface area contributed by atoms with E-state index < -0.39 is 0 Å². The van der Waals surface area contributed by atoms with E-state index in [0.717, 1.165) is 30.7 Å². The van der Waals surface area contributed by atoms with Crippen molar-refractivity contribution in [2.75, 3.05) is 25.1 Å². The van der Waals surface area contributed by atoms with Crippen molar-refractivity contribution in [3.8, 4) is 5.75 Å². The number of ether oxygens (including phenoxy) is 1. The summed E-state index contributed by atoms with van der Waals surface area (Å²) in [6.07, 6.45) is 3.07. The molecule has 1 fully saturated rings. The molecule has 5 heteroatoms. The van der Waals surface area contributed by atoms with Gasteiger partial charge in [-0.2, -0.15) is 0 Å². The number of hydrogen-bond acceptors (Lipinski definition) is 3. The fraction of sp³-hybridized carbons (Fsp3) is 0.588. The van der Waals surface area contributed by atoms with Gasteiger partial charge in [0.2, 0.25) is 0 Å². The highest BCUT2D eigenvalue weighted by Gasteiger charge is 2.32. The zero-order valence-electron chi connectivity index (χ0n) is 13.4. The lowest BCUT2D eigenvalue weighted by molar-refractivity contribution is 0.185. The lowest BCUT2D eigenvalue weighted by Crippen LogP contribution is -2.38. The number of hydrogen-bond donors (Lipinski definition) is 2. The van der Waals surface area contributed by atoms with Gasteiger partial charge in [0.15, 0.2) is 0 Å². The molecule has 1 aromatic carbocycles. The van der Waals surface area contributed by atoms with Crippen molar-refractivity contribution >= 4 is 11.7 Å². The number of anilines is 1. The van der Waals surface area contributed by atoms with Crippen LogP contribution in [0.1, 0.15) is 33.1 Å². The van der Waals surface area contributed by atoms with Crippen molar-refractivity contribution in [1.29, 1.82) is 0 Å². The number of amides is 2. The van der Waals surface area contributed by atoms with Crippen molar-refractivity contribution in [2.24, 2.45) is 5.92 Å². The van der Waals surface area contributed by atoms with Gasteiger partial charge >= 0.3 is 6.03 Å². The van der Waals surface area contributed by atoms with Crippen LogP contribution in [0.3, 0.4) is 0 Å². The number of aliphatic hydroxyl groups is 1. The van der Waals surface area contributed by atoms with Gasteiger partial charge in [-0.25, -0.2) is 4.79 Å². The van der Waals surface area contributed by atoms with E-state index in [1.807, 2.05) is 24.3 Å². The molecule has 2 N–H and O–H groups in total. The van der Waals surface area contributed by atoms with E-state index in [4.69, 9.17) is 9.84 Å². The van der Waals surface area contributed by atoms with Crippen LogP contribution in [0, 0.1) is 5.92 Å². The molecule has 0 unspecified atom stereocenters. The van der Waals surface area contributed by atoms with Crippen molar-refractivity contribution in [1.82, 2.24) is 4.90 Å². The average molecular weight is 306 g/mol. The number of rotatable bonds is 8. The number of nitrogens with zero attached hydrogens (tertiary/aromatic N) is 1. The summed E-state index contributed by atoms with van der Waals surface area (Å²) in [6.45, 7) is 5.41. The molecule has 22 heavy (non-hydrogen) atoms. The summed E-state index contributed by atoms with van der Waals surface area (Å²) in [5.41, 5.74) is 0.741. The predicted octanol–water partition coefficient (Wildman–Crippen LogP) is 3.10. The van der Waals surface area contributed by atoms with E-state index in [1.165, 1.54) is 0 Å². The Labute approximate surface area is 132 Å². The van der Waals surface area contributed by atoms with Crippen molar-refractivity contribution in [3.63, 3.8) is 0 Å². The molecule has 0 radical (unpaired) electrons. The molecule has 2 amide bonds. The topological polar surface area (TPSA) is 61.8 Å². The minimum absolute atomic E-state index is 0.00739. The van der Waals surface area contributed by atoms with Crippen LogP contribution in [0.4, 0.5) is 10.5 Å². The minimum Gasteiger partial charge on any atom is -0.494 e. The fourth-order valence-electron chi connectivity index (χ4n) is 2.19. The van der Waals surface area contributed by atoms with Gasteiger partial charge in [-0.1, -0.05) is 13.8 Å². The minimum atomic E-state index is -0.148. The highest BCUT2D eigenvalue weighted by atomic mass is 16.5. The Morgan fingerprint density at radius 3 is 2.59 bits per heavy atom. The Morgan fingerprint density at radius 1 is 1.36 bits per heavy atom. The molecule has 0 aliphatic heterocycles. The average Bonchev–Trinajstić information content (AvgIpc) is 3.30. The lowest BCUT2D eigenvalue weighted by Gasteiger charge is -2.21. The molecule has 0 saturated heterocycles. The summed E-state index contributed by atoms with van der Waals surface area (Å²) in [7, 11) is 0. The summed E-state index contributed by atoms with van der Waals surface area (Å²) in [5, 5.41) is 11.9. The second-order valence-electron chi connectivity index (χ2n) is 6.13. The standard InChI is InChI=1S/C17H26N2O3/c1-13(2)9-12-22-16-7-3-14(4-8-16)18-17(21)19(10-11-20)15-5-6-15/h3-4,7-8,13,15,20H,5-6,9-12H2,1-2H3,(H,18,21). The van der Waals surface area contributed by atoms with Crippen molar-refractivity contribution < 1.29 is 14.6 Å². The van der Waals surface area contributed by atoms with Gasteiger partial charge in [-0.05, 0) is 49.4 Å². The van der Waals surface area contributed by atoms with E-state index in [2.05, 4.69) is 19.2 Å². The Morgan fingerprint density at radius 2 is 2.05 bits per heavy atom. The Hall–Kier alpha value is -1.75. The molecule has 1 aromatic rings. The van der Waals surface area contributed by atoms with Crippen molar-refractivity contribution in [3.05, 3.63) is 24.3 Å². The first kappa shape index (κ1) is 16.6. The number of urea groups is 1. The van der Waals surface area contributed by atoms with E-state index >= 15 is 0 Å². The van der Waals surface area contributed by atoms with Crippen LogP contribution in [0.2, 0.25) is 0 Å². The molecule has 0 heterocycles. The molecule has 5 nitrogen and oxygen atoms in total. The van der Waals surface area contributed by atoms with E-state index in [0.29, 0.717) is 19.1 Å². The maximum Gasteiger partial charge on any atom is 0.322 e. The summed E-state index contributed by atoms with van der Waals surface area (Å²) in [5.74, 6) is 1.44. The van der Waals surface area contributed by atoms with Crippen LogP contribution in [-0.2, 0) is 0 Å². The molecule has 2 rings (SSSR count). The second kappa shape index (κ2) is 8.03. The van der Waals surface area contributed by atoms with E-state index in [1.54, 1.807) is 4.90 Å². The largest absolute Gasteiger partial charge is 0.494 e. The number of aliphatic hydroxyl groups excluding tert-OH is 1. The Balaban J connectivity index is 1.83. The zero-order valence-corrected chi connectivity index (χ0v) is 13.4. The molecule has 0 atom stereocenters. The van der Waals surface area contributed by atoms with Crippen LogP contribution in [-0.4, -0.2) is 41.8 Å². The molecule has 0 aromatic heterocycles. The SMILES string of the molecule is CC(C)CCOc1ccc(NC(=O)N(CCO)C2CC2)cc1. The molecule has 0 spiro atoms. The van der Waals surface area contributed by atoms with Gasteiger partial charge in [0.25, 0.3) is 0 Å². The maximum atomic E-state index is 12.2. The Bertz CT molecular complexity index is 469. The third-order valence-corrected chi connectivity index (χ3v) is 3.66. The van der Waals surface area contributed by atoms with E-state index in [-0.39, 0.29) is 18.7 Å². The quantitative estimate of drug-likeness (QED) is 0.776. The van der Waals surface area contributed by atoms with Gasteiger partial charge in [-0.3, -0.25) is 0 Å². The van der Waals surface area contributed by atoms with Gasteiger partial charge in [0.1, 0.15) is 5.75 Å². The van der Waals surface area contributed by atoms with Gasteiger partial charge in [0, 0.05) is 18.3 Å². The van der Waals surface area contributed by atoms with Gasteiger partial charge in [0.05, 0.1) is 13.2 Å². The molecular formula is C17H26N2O3. The molecule has 1 aliphatic carbocycles. The third kappa shape index (κ3) is 5.22. The van der Waals surface area contributed by atoms with Crippen LogP contribution in [0.25, 0.3) is 0 Å². The summed E-state index contributed by atoms with van der Waals surface area (Å²) in [6, 6.07) is 7.54.